The van der Waals surface area contributed by atoms with Crippen molar-refractivity contribution in [2.75, 3.05) is 13.6 Å². The van der Waals surface area contributed by atoms with E-state index in [9.17, 15) is 14.4 Å². The van der Waals surface area contributed by atoms with Crippen LogP contribution in [0, 0.1) is 0 Å². The maximum absolute atomic E-state index is 11.7. The van der Waals surface area contributed by atoms with E-state index >= 15 is 0 Å². The van der Waals surface area contributed by atoms with Crippen molar-refractivity contribution in [3.05, 3.63) is 0 Å². The van der Waals surface area contributed by atoms with E-state index in [2.05, 4.69) is 10.6 Å². The van der Waals surface area contributed by atoms with Crippen molar-refractivity contribution in [3.8, 4) is 0 Å². The van der Waals surface area contributed by atoms with E-state index in [0.29, 0.717) is 12.8 Å². The fourth-order valence-corrected chi connectivity index (χ4v) is 1.59. The van der Waals surface area contributed by atoms with Crippen molar-refractivity contribution in [2.45, 2.75) is 38.8 Å². The van der Waals surface area contributed by atoms with Crippen LogP contribution in [-0.4, -0.2) is 48.3 Å². The molecule has 0 bridgehead atoms. The Morgan fingerprint density at radius 2 is 2.12 bits per heavy atom. The first-order valence-electron chi connectivity index (χ1n) is 5.75. The molecule has 6 nitrogen and oxygen atoms in total. The maximum atomic E-state index is 11.7. The molecule has 0 radical (unpaired) electrons. The molecule has 0 aromatic heterocycles. The lowest BCUT2D eigenvalue weighted by Gasteiger charge is -2.28. The highest BCUT2D eigenvalue weighted by atomic mass is 16.2. The zero-order chi connectivity index (χ0) is 13.0. The molecule has 0 aromatic rings. The lowest BCUT2D eigenvalue weighted by atomic mass is 10.0. The Balaban J connectivity index is 2.44. The normalized spacial score (nSPS) is 20.9. The van der Waals surface area contributed by atoms with Crippen LogP contribution in [0.15, 0.2) is 0 Å². The maximum Gasteiger partial charge on any atom is 0.251 e. The van der Waals surface area contributed by atoms with Gasteiger partial charge in [-0.2, -0.15) is 0 Å². The van der Waals surface area contributed by atoms with E-state index < -0.39 is 6.04 Å². The van der Waals surface area contributed by atoms with Gasteiger partial charge in [-0.05, 0) is 6.42 Å². The number of nitrogens with one attached hydrogen (secondary N) is 2. The second-order valence-electron chi connectivity index (χ2n) is 4.49. The predicted molar refractivity (Wildman–Crippen MR) is 62.1 cm³/mol. The van der Waals surface area contributed by atoms with Crippen molar-refractivity contribution >= 4 is 17.7 Å². The molecule has 17 heavy (non-hydrogen) atoms. The summed E-state index contributed by atoms with van der Waals surface area (Å²) in [5.41, 5.74) is 0. The van der Waals surface area contributed by atoms with Crippen LogP contribution in [0.3, 0.4) is 0 Å². The molecule has 1 aliphatic heterocycles. The van der Waals surface area contributed by atoms with Crippen LogP contribution in [0.4, 0.5) is 0 Å². The standard InChI is InChI=1S/C11H19N3O3/c1-7(2)12-6-9(15)13-8-4-5-10(16)14(3)11(8)17/h7-8,12H,4-6H2,1-3H3,(H,13,15). The van der Waals surface area contributed by atoms with Crippen LogP contribution in [0.1, 0.15) is 26.7 Å². The molecule has 0 aliphatic carbocycles. The molecular weight excluding hydrogens is 222 g/mol. The molecule has 0 saturated carbocycles. The molecule has 1 rings (SSSR count). The molecule has 96 valence electrons. The summed E-state index contributed by atoms with van der Waals surface area (Å²) in [5, 5.41) is 5.60. The summed E-state index contributed by atoms with van der Waals surface area (Å²) in [6, 6.07) is -0.355. The number of likely N-dealkylation sites (tertiary alicyclic amines) is 1. The fourth-order valence-electron chi connectivity index (χ4n) is 1.59. The summed E-state index contributed by atoms with van der Waals surface area (Å²) in [6.07, 6.45) is 0.681. The van der Waals surface area contributed by atoms with Gasteiger partial charge in [0.2, 0.25) is 11.8 Å². The number of carbonyl (C=O) groups excluding carboxylic acids is 3. The molecule has 0 aromatic carbocycles. The monoisotopic (exact) mass is 241 g/mol. The van der Waals surface area contributed by atoms with Gasteiger partial charge in [-0.25, -0.2) is 0 Å². The van der Waals surface area contributed by atoms with E-state index in [4.69, 9.17) is 0 Å². The van der Waals surface area contributed by atoms with Gasteiger partial charge in [0.1, 0.15) is 6.04 Å². The molecule has 0 spiro atoms. The second kappa shape index (κ2) is 5.77. The Kier molecular flexibility index (Phi) is 4.62. The quantitative estimate of drug-likeness (QED) is 0.635. The molecule has 1 atom stereocenters. The highest BCUT2D eigenvalue weighted by molar-refractivity contribution is 6.01. The Morgan fingerprint density at radius 1 is 1.47 bits per heavy atom. The molecule has 1 unspecified atom stereocenters. The minimum absolute atomic E-state index is 0.180. The van der Waals surface area contributed by atoms with E-state index in [1.54, 1.807) is 0 Å². The third kappa shape index (κ3) is 3.81. The van der Waals surface area contributed by atoms with Crippen molar-refractivity contribution in [1.29, 1.82) is 0 Å². The van der Waals surface area contributed by atoms with Gasteiger partial charge in [-0.3, -0.25) is 19.3 Å². The SMILES string of the molecule is CC(C)NCC(=O)NC1CCC(=O)N(C)C1=O. The Bertz CT molecular complexity index is 328. The van der Waals surface area contributed by atoms with Crippen molar-refractivity contribution in [3.63, 3.8) is 0 Å². The van der Waals surface area contributed by atoms with Crippen molar-refractivity contribution in [1.82, 2.24) is 15.5 Å². The van der Waals surface area contributed by atoms with E-state index in [-0.39, 0.29) is 30.3 Å². The Morgan fingerprint density at radius 3 is 2.71 bits per heavy atom. The number of rotatable bonds is 4. The Hall–Kier alpha value is -1.43. The zero-order valence-electron chi connectivity index (χ0n) is 10.4. The van der Waals surface area contributed by atoms with Crippen LogP contribution >= 0.6 is 0 Å². The summed E-state index contributed by atoms with van der Waals surface area (Å²) in [4.78, 5) is 35.5. The summed E-state index contributed by atoms with van der Waals surface area (Å²) in [7, 11) is 1.44. The molecule has 1 fully saturated rings. The van der Waals surface area contributed by atoms with Crippen LogP contribution in [0.25, 0.3) is 0 Å². The molecule has 1 saturated heterocycles. The first-order chi connectivity index (χ1) is 7.91. The molecular formula is C11H19N3O3. The average molecular weight is 241 g/mol. The van der Waals surface area contributed by atoms with Crippen LogP contribution in [-0.2, 0) is 14.4 Å². The van der Waals surface area contributed by atoms with Gasteiger partial charge < -0.3 is 10.6 Å². The fraction of sp³-hybridized carbons (Fsp3) is 0.727. The molecule has 2 N–H and O–H groups in total. The summed E-state index contributed by atoms with van der Waals surface area (Å²) in [6.45, 7) is 4.05. The van der Waals surface area contributed by atoms with Crippen molar-refractivity contribution in [2.24, 2.45) is 0 Å². The lowest BCUT2D eigenvalue weighted by molar-refractivity contribution is -0.149. The lowest BCUT2D eigenvalue weighted by Crippen LogP contribution is -2.54. The van der Waals surface area contributed by atoms with E-state index in [1.807, 2.05) is 13.8 Å². The van der Waals surface area contributed by atoms with Gasteiger partial charge in [0.25, 0.3) is 5.91 Å². The van der Waals surface area contributed by atoms with Gasteiger partial charge in [-0.15, -0.1) is 0 Å². The molecule has 6 heteroatoms. The zero-order valence-corrected chi connectivity index (χ0v) is 10.4. The largest absolute Gasteiger partial charge is 0.343 e. The second-order valence-corrected chi connectivity index (χ2v) is 4.49. The molecule has 3 amide bonds. The van der Waals surface area contributed by atoms with Crippen molar-refractivity contribution < 1.29 is 14.4 Å². The number of piperidine rings is 1. The van der Waals surface area contributed by atoms with Gasteiger partial charge in [0, 0.05) is 19.5 Å². The van der Waals surface area contributed by atoms with E-state index in [1.165, 1.54) is 7.05 Å². The topological polar surface area (TPSA) is 78.5 Å². The number of likely N-dealkylation sites (N-methyl/N-ethyl adjacent to an activating group) is 1. The third-order valence-corrected chi connectivity index (χ3v) is 2.66. The third-order valence-electron chi connectivity index (χ3n) is 2.66. The van der Waals surface area contributed by atoms with Gasteiger partial charge in [0.15, 0.2) is 0 Å². The first-order valence-corrected chi connectivity index (χ1v) is 5.75. The number of carbonyl (C=O) groups is 3. The smallest absolute Gasteiger partial charge is 0.251 e. The number of amides is 3. The van der Waals surface area contributed by atoms with Crippen LogP contribution in [0.5, 0.6) is 0 Å². The van der Waals surface area contributed by atoms with E-state index in [0.717, 1.165) is 4.90 Å². The van der Waals surface area contributed by atoms with Crippen LogP contribution < -0.4 is 10.6 Å². The van der Waals surface area contributed by atoms with Gasteiger partial charge >= 0.3 is 0 Å². The van der Waals surface area contributed by atoms with Gasteiger partial charge in [-0.1, -0.05) is 13.8 Å². The molecule has 1 heterocycles. The number of hydrogen-bond donors (Lipinski definition) is 2. The van der Waals surface area contributed by atoms with Crippen LogP contribution in [0.2, 0.25) is 0 Å². The highest BCUT2D eigenvalue weighted by Gasteiger charge is 2.32. The summed E-state index contributed by atoms with van der Waals surface area (Å²) in [5.74, 6) is -0.750. The average Bonchev–Trinajstić information content (AvgIpc) is 2.27. The highest BCUT2D eigenvalue weighted by Crippen LogP contribution is 2.10. The number of imide groups is 1. The summed E-state index contributed by atoms with van der Waals surface area (Å²) >= 11 is 0. The summed E-state index contributed by atoms with van der Waals surface area (Å²) < 4.78 is 0. The van der Waals surface area contributed by atoms with Gasteiger partial charge in [0.05, 0.1) is 6.54 Å². The first kappa shape index (κ1) is 13.6. The predicted octanol–water partition coefficient (Wildman–Crippen LogP) is -0.752. The Labute approximate surface area is 101 Å². The number of nitrogens with zero attached hydrogens (tertiary/aromatic N) is 1. The minimum atomic E-state index is -0.570. The minimum Gasteiger partial charge on any atom is -0.343 e. The molecule has 1 aliphatic rings. The number of hydrogen-bond acceptors (Lipinski definition) is 4.